The molecule has 6 heteroatoms. The van der Waals surface area contributed by atoms with Crippen molar-refractivity contribution in [2.24, 2.45) is 0 Å². The van der Waals surface area contributed by atoms with Crippen LogP contribution in [0.3, 0.4) is 0 Å². The van der Waals surface area contributed by atoms with E-state index in [2.05, 4.69) is 36.1 Å². The Bertz CT molecular complexity index is 890. The molecule has 0 unspecified atom stereocenters. The highest BCUT2D eigenvalue weighted by Crippen LogP contribution is 2.36. The Morgan fingerprint density at radius 2 is 1.83 bits per heavy atom. The third kappa shape index (κ3) is 5.31. The topological polar surface area (TPSA) is 42.0 Å². The number of piperazine rings is 1. The molecular formula is C23H27ClN2O3. The number of hydrogen-bond acceptors (Lipinski definition) is 4. The molecule has 1 heterocycles. The van der Waals surface area contributed by atoms with Crippen molar-refractivity contribution in [1.29, 1.82) is 0 Å². The number of hydrogen-bond donors (Lipinski definition) is 0. The molecule has 0 radical (unpaired) electrons. The summed E-state index contributed by atoms with van der Waals surface area (Å²) in [5.74, 6) is 1.03. The van der Waals surface area contributed by atoms with Gasteiger partial charge in [-0.25, -0.2) is 0 Å². The van der Waals surface area contributed by atoms with Crippen molar-refractivity contribution in [2.75, 3.05) is 40.4 Å². The summed E-state index contributed by atoms with van der Waals surface area (Å²) in [6.45, 7) is 6.25. The molecule has 0 saturated carbocycles. The summed E-state index contributed by atoms with van der Waals surface area (Å²) in [5.41, 5.74) is 3.44. The monoisotopic (exact) mass is 414 g/mol. The number of carbonyl (C=O) groups excluding carboxylic acids is 1. The molecule has 1 amide bonds. The van der Waals surface area contributed by atoms with Gasteiger partial charge in [0.05, 0.1) is 19.2 Å². The molecule has 2 aromatic carbocycles. The molecule has 0 spiro atoms. The second kappa shape index (κ2) is 9.81. The van der Waals surface area contributed by atoms with E-state index in [0.29, 0.717) is 16.5 Å². The molecule has 29 heavy (non-hydrogen) atoms. The zero-order valence-corrected chi connectivity index (χ0v) is 17.9. The van der Waals surface area contributed by atoms with Crippen LogP contribution in [0.2, 0.25) is 5.02 Å². The first-order chi connectivity index (χ1) is 14.0. The van der Waals surface area contributed by atoms with E-state index in [9.17, 15) is 4.79 Å². The molecule has 5 nitrogen and oxygen atoms in total. The maximum absolute atomic E-state index is 12.6. The summed E-state index contributed by atoms with van der Waals surface area (Å²) in [6.07, 6.45) is 3.35. The minimum atomic E-state index is 0.00597. The molecule has 0 atom stereocenters. The number of nitrogens with zero attached hydrogens (tertiary/aromatic N) is 2. The van der Waals surface area contributed by atoms with Crippen molar-refractivity contribution in [2.45, 2.75) is 13.5 Å². The average Bonchev–Trinajstić information content (AvgIpc) is 2.73. The number of aryl methyl sites for hydroxylation is 1. The molecule has 0 aromatic heterocycles. The van der Waals surface area contributed by atoms with E-state index in [1.807, 2.05) is 4.90 Å². The van der Waals surface area contributed by atoms with Crippen LogP contribution in [-0.4, -0.2) is 56.1 Å². The van der Waals surface area contributed by atoms with Gasteiger partial charge in [-0.1, -0.05) is 35.9 Å². The first kappa shape index (κ1) is 21.2. The number of benzene rings is 2. The van der Waals surface area contributed by atoms with Crippen molar-refractivity contribution < 1.29 is 14.3 Å². The number of carbonyl (C=O) groups is 1. The van der Waals surface area contributed by atoms with Gasteiger partial charge >= 0.3 is 0 Å². The zero-order chi connectivity index (χ0) is 20.8. The van der Waals surface area contributed by atoms with E-state index in [4.69, 9.17) is 21.1 Å². The molecular weight excluding hydrogens is 388 g/mol. The maximum atomic E-state index is 12.6. The van der Waals surface area contributed by atoms with Crippen LogP contribution in [0.25, 0.3) is 6.08 Å². The van der Waals surface area contributed by atoms with E-state index < -0.39 is 0 Å². The molecule has 1 aliphatic rings. The summed E-state index contributed by atoms with van der Waals surface area (Å²) in [5, 5.41) is 0.448. The lowest BCUT2D eigenvalue weighted by Gasteiger charge is -2.34. The Balaban J connectivity index is 1.57. The van der Waals surface area contributed by atoms with Crippen LogP contribution in [0, 0.1) is 6.92 Å². The maximum Gasteiger partial charge on any atom is 0.246 e. The average molecular weight is 415 g/mol. The molecule has 1 aliphatic heterocycles. The van der Waals surface area contributed by atoms with Gasteiger partial charge in [0, 0.05) is 38.8 Å². The van der Waals surface area contributed by atoms with Crippen LogP contribution in [-0.2, 0) is 11.3 Å². The standard InChI is InChI=1S/C23H27ClN2O3/c1-17-6-4-5-7-19(17)16-25-10-12-26(13-11-25)22(27)9-8-18-14-20(24)23(29-3)21(15-18)28-2/h4-9,14-15H,10-13,16H2,1-3H3/b9-8+. The lowest BCUT2D eigenvalue weighted by Crippen LogP contribution is -2.47. The fraction of sp³-hybridized carbons (Fsp3) is 0.348. The summed E-state index contributed by atoms with van der Waals surface area (Å²) in [4.78, 5) is 16.9. The number of ether oxygens (including phenoxy) is 2. The van der Waals surface area contributed by atoms with E-state index in [1.54, 1.807) is 38.5 Å². The van der Waals surface area contributed by atoms with E-state index >= 15 is 0 Å². The zero-order valence-electron chi connectivity index (χ0n) is 17.2. The van der Waals surface area contributed by atoms with Crippen LogP contribution in [0.1, 0.15) is 16.7 Å². The fourth-order valence-electron chi connectivity index (χ4n) is 3.46. The van der Waals surface area contributed by atoms with Gasteiger partial charge in [0.15, 0.2) is 11.5 Å². The van der Waals surface area contributed by atoms with Crippen LogP contribution < -0.4 is 9.47 Å². The Kier molecular flexibility index (Phi) is 7.18. The van der Waals surface area contributed by atoms with Gasteiger partial charge in [0.1, 0.15) is 0 Å². The highest BCUT2D eigenvalue weighted by molar-refractivity contribution is 6.32. The smallest absolute Gasteiger partial charge is 0.246 e. The summed E-state index contributed by atoms with van der Waals surface area (Å²) < 4.78 is 10.5. The Morgan fingerprint density at radius 1 is 1.10 bits per heavy atom. The normalized spacial score (nSPS) is 15.0. The van der Waals surface area contributed by atoms with Crippen molar-refractivity contribution in [3.63, 3.8) is 0 Å². The van der Waals surface area contributed by atoms with E-state index in [-0.39, 0.29) is 5.91 Å². The first-order valence-electron chi connectivity index (χ1n) is 9.67. The van der Waals surface area contributed by atoms with Crippen LogP contribution >= 0.6 is 11.6 Å². The first-order valence-corrected chi connectivity index (χ1v) is 10.0. The van der Waals surface area contributed by atoms with Gasteiger partial charge in [-0.05, 0) is 41.8 Å². The Hall–Kier alpha value is -2.50. The number of halogens is 1. The predicted molar refractivity (Wildman–Crippen MR) is 117 cm³/mol. The van der Waals surface area contributed by atoms with Crippen LogP contribution in [0.4, 0.5) is 0 Å². The highest BCUT2D eigenvalue weighted by Gasteiger charge is 2.20. The van der Waals surface area contributed by atoms with Crippen LogP contribution in [0.15, 0.2) is 42.5 Å². The molecule has 0 aliphatic carbocycles. The van der Waals surface area contributed by atoms with Crippen molar-refractivity contribution in [1.82, 2.24) is 9.80 Å². The van der Waals surface area contributed by atoms with Crippen molar-refractivity contribution in [3.8, 4) is 11.5 Å². The third-order valence-corrected chi connectivity index (χ3v) is 5.49. The Morgan fingerprint density at radius 3 is 2.48 bits per heavy atom. The fourth-order valence-corrected chi connectivity index (χ4v) is 3.76. The minimum absolute atomic E-state index is 0.00597. The number of rotatable bonds is 6. The number of amides is 1. The second-order valence-electron chi connectivity index (χ2n) is 7.10. The largest absolute Gasteiger partial charge is 0.493 e. The quantitative estimate of drug-likeness (QED) is 0.669. The van der Waals surface area contributed by atoms with E-state index in [1.165, 1.54) is 11.1 Å². The van der Waals surface area contributed by atoms with Gasteiger partial charge in [-0.2, -0.15) is 0 Å². The summed E-state index contributed by atoms with van der Waals surface area (Å²) >= 11 is 6.23. The molecule has 0 bridgehead atoms. The second-order valence-corrected chi connectivity index (χ2v) is 7.51. The van der Waals surface area contributed by atoms with E-state index in [0.717, 1.165) is 38.3 Å². The van der Waals surface area contributed by atoms with Gasteiger partial charge < -0.3 is 14.4 Å². The van der Waals surface area contributed by atoms with Gasteiger partial charge in [-0.3, -0.25) is 9.69 Å². The minimum Gasteiger partial charge on any atom is -0.493 e. The summed E-state index contributed by atoms with van der Waals surface area (Å²) in [7, 11) is 3.10. The third-order valence-electron chi connectivity index (χ3n) is 5.21. The molecule has 154 valence electrons. The molecule has 1 fully saturated rings. The lowest BCUT2D eigenvalue weighted by atomic mass is 10.1. The van der Waals surface area contributed by atoms with Crippen LogP contribution in [0.5, 0.6) is 11.5 Å². The van der Waals surface area contributed by atoms with Gasteiger partial charge in [-0.15, -0.1) is 0 Å². The predicted octanol–water partition coefficient (Wildman–Crippen LogP) is 4.02. The van der Waals surface area contributed by atoms with Gasteiger partial charge in [0.25, 0.3) is 0 Å². The van der Waals surface area contributed by atoms with Crippen molar-refractivity contribution >= 4 is 23.6 Å². The molecule has 2 aromatic rings. The molecule has 0 N–H and O–H groups in total. The number of methoxy groups -OCH3 is 2. The molecule has 3 rings (SSSR count). The van der Waals surface area contributed by atoms with Crippen molar-refractivity contribution in [3.05, 3.63) is 64.2 Å². The highest BCUT2D eigenvalue weighted by atomic mass is 35.5. The van der Waals surface area contributed by atoms with Gasteiger partial charge in [0.2, 0.25) is 5.91 Å². The molecule has 1 saturated heterocycles. The Labute approximate surface area is 177 Å². The lowest BCUT2D eigenvalue weighted by molar-refractivity contribution is -0.127. The SMILES string of the molecule is COc1cc(/C=C/C(=O)N2CCN(Cc3ccccc3C)CC2)cc(Cl)c1OC. The summed E-state index contributed by atoms with van der Waals surface area (Å²) in [6, 6.07) is 12.0.